The lowest BCUT2D eigenvalue weighted by atomic mass is 10.3. The van der Waals surface area contributed by atoms with Crippen molar-refractivity contribution in [1.82, 2.24) is 10.0 Å². The van der Waals surface area contributed by atoms with E-state index in [1.54, 1.807) is 0 Å². The van der Waals surface area contributed by atoms with Gasteiger partial charge in [0.25, 0.3) is 0 Å². The molecule has 0 aliphatic rings. The lowest BCUT2D eigenvalue weighted by molar-refractivity contribution is -0.385. The zero-order chi connectivity index (χ0) is 15.2. The molecule has 0 aromatic heterocycles. The van der Waals surface area contributed by atoms with Crippen LogP contribution in [0.1, 0.15) is 6.92 Å². The average Bonchev–Trinajstić information content (AvgIpc) is 2.42. The molecule has 10 heteroatoms. The van der Waals surface area contributed by atoms with E-state index < -0.39 is 14.9 Å². The molecule has 0 radical (unpaired) electrons. The van der Waals surface area contributed by atoms with Gasteiger partial charge in [-0.3, -0.25) is 10.1 Å². The van der Waals surface area contributed by atoms with Gasteiger partial charge in [0.2, 0.25) is 10.0 Å². The first-order valence-electron chi connectivity index (χ1n) is 5.95. The van der Waals surface area contributed by atoms with Crippen molar-refractivity contribution in [3.05, 3.63) is 28.3 Å². The zero-order valence-corrected chi connectivity index (χ0v) is 13.3. The molecule has 8 nitrogen and oxygen atoms in total. The van der Waals surface area contributed by atoms with Gasteiger partial charge in [-0.1, -0.05) is 6.92 Å². The molecule has 0 unspecified atom stereocenters. The van der Waals surface area contributed by atoms with Crippen LogP contribution < -0.4 is 14.8 Å². The summed E-state index contributed by atoms with van der Waals surface area (Å²) in [5.41, 5.74) is -0.279. The van der Waals surface area contributed by atoms with Crippen LogP contribution in [0.4, 0.5) is 5.69 Å². The Morgan fingerprint density at radius 2 is 2.00 bits per heavy atom. The van der Waals surface area contributed by atoms with Gasteiger partial charge in [-0.25, -0.2) is 13.1 Å². The molecule has 0 saturated heterocycles. The van der Waals surface area contributed by atoms with Crippen molar-refractivity contribution in [2.75, 3.05) is 26.7 Å². The highest BCUT2D eigenvalue weighted by atomic mass is 35.5. The standard InChI is InChI=1S/C11H17N3O5S.ClH/c1-3-12-6-7-13-20(17,18)9-4-5-10(14(15)16)11(8-9)19-2;/h4-5,8,12-13H,3,6-7H2,1-2H3;1H. The number of sulfonamides is 1. The van der Waals surface area contributed by atoms with Crippen LogP contribution in [0.3, 0.4) is 0 Å². The zero-order valence-electron chi connectivity index (χ0n) is 11.7. The van der Waals surface area contributed by atoms with Crippen LogP contribution in [0, 0.1) is 10.1 Å². The number of halogens is 1. The SMILES string of the molecule is CCNCCNS(=O)(=O)c1ccc([N+](=O)[O-])c(OC)c1.Cl. The van der Waals surface area contributed by atoms with E-state index in [4.69, 9.17) is 4.74 Å². The van der Waals surface area contributed by atoms with Crippen molar-refractivity contribution >= 4 is 28.1 Å². The van der Waals surface area contributed by atoms with E-state index in [2.05, 4.69) is 10.0 Å². The first-order valence-corrected chi connectivity index (χ1v) is 7.43. The molecule has 120 valence electrons. The van der Waals surface area contributed by atoms with E-state index in [1.807, 2.05) is 6.92 Å². The molecule has 0 atom stereocenters. The largest absolute Gasteiger partial charge is 0.490 e. The molecule has 21 heavy (non-hydrogen) atoms. The predicted octanol–water partition coefficient (Wildman–Crippen LogP) is 0.913. The van der Waals surface area contributed by atoms with Crippen molar-refractivity contribution in [3.8, 4) is 5.75 Å². The third-order valence-electron chi connectivity index (χ3n) is 2.50. The number of nitro benzene ring substituents is 1. The van der Waals surface area contributed by atoms with Gasteiger partial charge in [0.15, 0.2) is 5.75 Å². The quantitative estimate of drug-likeness (QED) is 0.414. The normalized spacial score (nSPS) is 10.8. The van der Waals surface area contributed by atoms with Crippen LogP contribution in [-0.4, -0.2) is 40.1 Å². The maximum absolute atomic E-state index is 12.0. The number of nitrogens with one attached hydrogen (secondary N) is 2. The predicted molar refractivity (Wildman–Crippen MR) is 80.6 cm³/mol. The fourth-order valence-corrected chi connectivity index (χ4v) is 2.56. The Morgan fingerprint density at radius 1 is 1.33 bits per heavy atom. The number of benzene rings is 1. The Bertz CT molecular complexity index is 579. The lowest BCUT2D eigenvalue weighted by Crippen LogP contribution is -2.31. The average molecular weight is 340 g/mol. The smallest absolute Gasteiger partial charge is 0.310 e. The van der Waals surface area contributed by atoms with E-state index in [-0.39, 0.29) is 35.3 Å². The molecular weight excluding hydrogens is 322 g/mol. The Hall–Kier alpha value is -1.42. The Balaban J connectivity index is 0.00000400. The third-order valence-corrected chi connectivity index (χ3v) is 3.96. The summed E-state index contributed by atoms with van der Waals surface area (Å²) in [6.45, 7) is 3.39. The highest BCUT2D eigenvalue weighted by molar-refractivity contribution is 7.89. The van der Waals surface area contributed by atoms with Gasteiger partial charge in [0, 0.05) is 25.2 Å². The van der Waals surface area contributed by atoms with E-state index >= 15 is 0 Å². The number of nitrogens with zero attached hydrogens (tertiary/aromatic N) is 1. The van der Waals surface area contributed by atoms with Crippen molar-refractivity contribution in [2.24, 2.45) is 0 Å². The van der Waals surface area contributed by atoms with Gasteiger partial charge >= 0.3 is 5.69 Å². The lowest BCUT2D eigenvalue weighted by Gasteiger charge is -2.08. The summed E-state index contributed by atoms with van der Waals surface area (Å²) in [5.74, 6) is -0.0930. The van der Waals surface area contributed by atoms with Gasteiger partial charge in [-0.05, 0) is 12.6 Å². The Labute approximate surface area is 129 Å². The highest BCUT2D eigenvalue weighted by Gasteiger charge is 2.20. The van der Waals surface area contributed by atoms with Crippen LogP contribution in [0.25, 0.3) is 0 Å². The van der Waals surface area contributed by atoms with Crippen LogP contribution in [0.5, 0.6) is 5.75 Å². The number of hydrogen-bond donors (Lipinski definition) is 2. The molecule has 0 bridgehead atoms. The van der Waals surface area contributed by atoms with E-state index in [0.29, 0.717) is 6.54 Å². The fourth-order valence-electron chi connectivity index (χ4n) is 1.51. The number of nitro groups is 1. The minimum Gasteiger partial charge on any atom is -0.490 e. The summed E-state index contributed by atoms with van der Waals surface area (Å²) >= 11 is 0. The van der Waals surface area contributed by atoms with Crippen molar-refractivity contribution < 1.29 is 18.1 Å². The summed E-state index contributed by atoms with van der Waals surface area (Å²) < 4.78 is 31.2. The van der Waals surface area contributed by atoms with E-state index in [9.17, 15) is 18.5 Å². The molecule has 0 aliphatic carbocycles. The number of rotatable bonds is 8. The number of methoxy groups -OCH3 is 1. The molecular formula is C11H18ClN3O5S. The molecule has 0 amide bonds. The minimum absolute atomic E-state index is 0. The first kappa shape index (κ1) is 19.6. The first-order chi connectivity index (χ1) is 9.42. The summed E-state index contributed by atoms with van der Waals surface area (Å²) in [6, 6.07) is 3.42. The van der Waals surface area contributed by atoms with Gasteiger partial charge in [0.1, 0.15) is 0 Å². The van der Waals surface area contributed by atoms with Crippen molar-refractivity contribution in [1.29, 1.82) is 0 Å². The Morgan fingerprint density at radius 3 is 2.52 bits per heavy atom. The second kappa shape index (κ2) is 8.78. The molecule has 2 N–H and O–H groups in total. The van der Waals surface area contributed by atoms with Gasteiger partial charge < -0.3 is 10.1 Å². The third kappa shape index (κ3) is 5.46. The van der Waals surface area contributed by atoms with Gasteiger partial charge in [-0.2, -0.15) is 0 Å². The molecule has 0 heterocycles. The van der Waals surface area contributed by atoms with E-state index in [0.717, 1.165) is 18.7 Å². The summed E-state index contributed by atoms with van der Waals surface area (Å²) in [7, 11) is -2.46. The van der Waals surface area contributed by atoms with Crippen LogP contribution in [-0.2, 0) is 10.0 Å². The maximum Gasteiger partial charge on any atom is 0.310 e. The molecule has 0 saturated carbocycles. The molecule has 0 aliphatic heterocycles. The molecule has 1 aromatic carbocycles. The fraction of sp³-hybridized carbons (Fsp3) is 0.455. The topological polar surface area (TPSA) is 111 Å². The van der Waals surface area contributed by atoms with Gasteiger partial charge in [-0.15, -0.1) is 12.4 Å². The van der Waals surface area contributed by atoms with Crippen LogP contribution in [0.15, 0.2) is 23.1 Å². The summed E-state index contributed by atoms with van der Waals surface area (Å²) in [5, 5.41) is 13.7. The molecule has 1 rings (SSSR count). The van der Waals surface area contributed by atoms with Crippen LogP contribution >= 0.6 is 12.4 Å². The van der Waals surface area contributed by atoms with Crippen LogP contribution in [0.2, 0.25) is 0 Å². The minimum atomic E-state index is -3.71. The number of ether oxygens (including phenoxy) is 1. The monoisotopic (exact) mass is 339 g/mol. The number of hydrogen-bond acceptors (Lipinski definition) is 6. The molecule has 0 fully saturated rings. The Kier molecular flexibility index (Phi) is 8.18. The van der Waals surface area contributed by atoms with E-state index in [1.165, 1.54) is 13.2 Å². The maximum atomic E-state index is 12.0. The molecule has 0 spiro atoms. The summed E-state index contributed by atoms with van der Waals surface area (Å²) in [6.07, 6.45) is 0. The van der Waals surface area contributed by atoms with Crippen molar-refractivity contribution in [2.45, 2.75) is 11.8 Å². The highest BCUT2D eigenvalue weighted by Crippen LogP contribution is 2.29. The second-order valence-corrected chi connectivity index (χ2v) is 5.61. The van der Waals surface area contributed by atoms with Crippen molar-refractivity contribution in [3.63, 3.8) is 0 Å². The summed E-state index contributed by atoms with van der Waals surface area (Å²) in [4.78, 5) is 10.0. The number of likely N-dealkylation sites (N-methyl/N-ethyl adjacent to an activating group) is 1. The second-order valence-electron chi connectivity index (χ2n) is 3.84. The molecule has 1 aromatic rings. The van der Waals surface area contributed by atoms with Gasteiger partial charge in [0.05, 0.1) is 16.9 Å².